The molecule has 0 amide bonds. The summed E-state index contributed by atoms with van der Waals surface area (Å²) in [4.78, 5) is 0.400. The predicted molar refractivity (Wildman–Crippen MR) is 78.8 cm³/mol. The van der Waals surface area contributed by atoms with Gasteiger partial charge in [-0.25, -0.2) is 13.1 Å². The molecule has 1 aromatic carbocycles. The molecule has 0 saturated carbocycles. The minimum atomic E-state index is -3.39. The van der Waals surface area contributed by atoms with E-state index in [1.54, 1.807) is 12.1 Å². The monoisotopic (exact) mass is 284 g/mol. The first-order valence-electron chi connectivity index (χ1n) is 6.80. The molecule has 2 N–H and O–H groups in total. The van der Waals surface area contributed by atoms with E-state index in [1.807, 2.05) is 26.1 Å². The van der Waals surface area contributed by atoms with E-state index in [1.165, 1.54) is 0 Å². The largest absolute Gasteiger partial charge is 0.317 e. The molecule has 0 aliphatic rings. The molecule has 0 aliphatic heterocycles. The van der Waals surface area contributed by atoms with E-state index in [4.69, 9.17) is 0 Å². The van der Waals surface area contributed by atoms with Crippen molar-refractivity contribution in [2.45, 2.75) is 44.0 Å². The van der Waals surface area contributed by atoms with E-state index in [9.17, 15) is 8.42 Å². The van der Waals surface area contributed by atoms with Crippen molar-refractivity contribution >= 4 is 10.0 Å². The number of rotatable bonds is 8. The fourth-order valence-electron chi connectivity index (χ4n) is 1.96. The van der Waals surface area contributed by atoms with E-state index >= 15 is 0 Å². The van der Waals surface area contributed by atoms with Gasteiger partial charge in [0.05, 0.1) is 4.90 Å². The molecular formula is C14H24N2O2S. The Morgan fingerprint density at radius 2 is 1.89 bits per heavy atom. The molecule has 0 heterocycles. The lowest BCUT2D eigenvalue weighted by Gasteiger charge is -2.16. The minimum Gasteiger partial charge on any atom is -0.317 e. The highest BCUT2D eigenvalue weighted by Gasteiger charge is 2.18. The Balaban J connectivity index is 3.01. The molecule has 1 atom stereocenters. The summed E-state index contributed by atoms with van der Waals surface area (Å²) >= 11 is 0. The highest BCUT2D eigenvalue weighted by Crippen LogP contribution is 2.17. The highest BCUT2D eigenvalue weighted by atomic mass is 32.2. The Bertz CT molecular complexity index is 482. The molecular weight excluding hydrogens is 260 g/mol. The molecule has 1 unspecified atom stereocenters. The Morgan fingerprint density at radius 1 is 1.21 bits per heavy atom. The first kappa shape index (κ1) is 16.1. The maximum Gasteiger partial charge on any atom is 0.240 e. The fourth-order valence-corrected chi connectivity index (χ4v) is 3.35. The number of nitrogens with one attached hydrogen (secondary N) is 2. The van der Waals surface area contributed by atoms with Gasteiger partial charge in [0.2, 0.25) is 10.0 Å². The van der Waals surface area contributed by atoms with Gasteiger partial charge in [0.1, 0.15) is 0 Å². The molecule has 0 bridgehead atoms. The molecule has 0 radical (unpaired) electrons. The maximum absolute atomic E-state index is 12.2. The molecule has 0 fully saturated rings. The van der Waals surface area contributed by atoms with Gasteiger partial charge in [-0.05, 0) is 37.9 Å². The maximum atomic E-state index is 12.2. The van der Waals surface area contributed by atoms with Crippen LogP contribution in [0, 0.1) is 0 Å². The van der Waals surface area contributed by atoms with Gasteiger partial charge < -0.3 is 5.32 Å². The van der Waals surface area contributed by atoms with Crippen molar-refractivity contribution < 1.29 is 8.42 Å². The molecule has 19 heavy (non-hydrogen) atoms. The second-order valence-electron chi connectivity index (χ2n) is 4.60. The molecule has 1 rings (SSSR count). The second kappa shape index (κ2) is 7.62. The van der Waals surface area contributed by atoms with Gasteiger partial charge in [-0.3, -0.25) is 0 Å². The minimum absolute atomic E-state index is 0.294. The van der Waals surface area contributed by atoms with Crippen molar-refractivity contribution in [3.8, 4) is 0 Å². The van der Waals surface area contributed by atoms with Crippen LogP contribution in [0.4, 0.5) is 0 Å². The van der Waals surface area contributed by atoms with E-state index in [0.717, 1.165) is 24.8 Å². The Hall–Kier alpha value is -0.910. The lowest BCUT2D eigenvalue weighted by molar-refractivity contribution is 0.536. The van der Waals surface area contributed by atoms with Crippen LogP contribution in [-0.2, 0) is 16.4 Å². The molecule has 0 aliphatic carbocycles. The lowest BCUT2D eigenvalue weighted by atomic mass is 10.0. The van der Waals surface area contributed by atoms with Crippen molar-refractivity contribution in [3.05, 3.63) is 29.8 Å². The normalized spacial score (nSPS) is 13.4. The van der Waals surface area contributed by atoms with Crippen LogP contribution in [0.15, 0.2) is 29.2 Å². The zero-order chi connectivity index (χ0) is 14.3. The quantitative estimate of drug-likeness (QED) is 0.767. The highest BCUT2D eigenvalue weighted by molar-refractivity contribution is 7.89. The molecule has 0 saturated heterocycles. The smallest absolute Gasteiger partial charge is 0.240 e. The number of benzene rings is 1. The first-order valence-corrected chi connectivity index (χ1v) is 8.28. The third kappa shape index (κ3) is 4.60. The summed E-state index contributed by atoms with van der Waals surface area (Å²) in [7, 11) is -1.49. The summed E-state index contributed by atoms with van der Waals surface area (Å²) in [6, 6.07) is 7.51. The lowest BCUT2D eigenvalue weighted by Crippen LogP contribution is -2.29. The average molecular weight is 284 g/mol. The molecule has 4 nitrogen and oxygen atoms in total. The molecule has 0 spiro atoms. The zero-order valence-electron chi connectivity index (χ0n) is 11.9. The van der Waals surface area contributed by atoms with Gasteiger partial charge in [-0.1, -0.05) is 32.0 Å². The second-order valence-corrected chi connectivity index (χ2v) is 6.34. The predicted octanol–water partition coefficient (Wildman–Crippen LogP) is 1.92. The average Bonchev–Trinajstić information content (AvgIpc) is 2.43. The molecule has 0 aromatic heterocycles. The standard InChI is InChI=1S/C14H24N2O2S/c1-4-10-16-19(17,18)14-9-7-6-8-12(14)11-13(5-2)15-3/h6-9,13,15-16H,4-5,10-11H2,1-3H3. The van der Waals surface area contributed by atoms with Crippen LogP contribution in [0.2, 0.25) is 0 Å². The van der Waals surface area contributed by atoms with Crippen LogP contribution < -0.4 is 10.0 Å². The van der Waals surface area contributed by atoms with Crippen molar-refractivity contribution in [2.75, 3.05) is 13.6 Å². The van der Waals surface area contributed by atoms with Crippen LogP contribution in [0.25, 0.3) is 0 Å². The van der Waals surface area contributed by atoms with Gasteiger partial charge in [0, 0.05) is 12.6 Å². The van der Waals surface area contributed by atoms with Crippen LogP contribution in [0.1, 0.15) is 32.3 Å². The van der Waals surface area contributed by atoms with Crippen LogP contribution in [0.3, 0.4) is 0 Å². The fraction of sp³-hybridized carbons (Fsp3) is 0.571. The van der Waals surface area contributed by atoms with Gasteiger partial charge in [0.25, 0.3) is 0 Å². The van der Waals surface area contributed by atoms with E-state index in [0.29, 0.717) is 17.5 Å². The Morgan fingerprint density at radius 3 is 2.47 bits per heavy atom. The summed E-state index contributed by atoms with van der Waals surface area (Å²) in [5.74, 6) is 0. The van der Waals surface area contributed by atoms with Gasteiger partial charge in [-0.15, -0.1) is 0 Å². The molecule has 108 valence electrons. The number of likely N-dealkylation sites (N-methyl/N-ethyl adjacent to an activating group) is 1. The summed E-state index contributed by atoms with van der Waals surface area (Å²) in [6.45, 7) is 4.51. The van der Waals surface area contributed by atoms with Crippen molar-refractivity contribution in [2.24, 2.45) is 0 Å². The SMILES string of the molecule is CCCNS(=O)(=O)c1ccccc1CC(CC)NC. The van der Waals surface area contributed by atoms with Gasteiger partial charge >= 0.3 is 0 Å². The zero-order valence-corrected chi connectivity index (χ0v) is 12.8. The van der Waals surface area contributed by atoms with Gasteiger partial charge in [0.15, 0.2) is 0 Å². The third-order valence-electron chi connectivity index (χ3n) is 3.17. The van der Waals surface area contributed by atoms with E-state index in [2.05, 4.69) is 17.0 Å². The topological polar surface area (TPSA) is 58.2 Å². The van der Waals surface area contributed by atoms with Crippen LogP contribution in [0.5, 0.6) is 0 Å². The van der Waals surface area contributed by atoms with Crippen molar-refractivity contribution in [1.82, 2.24) is 10.0 Å². The summed E-state index contributed by atoms with van der Waals surface area (Å²) in [5.41, 5.74) is 0.868. The third-order valence-corrected chi connectivity index (χ3v) is 4.73. The van der Waals surface area contributed by atoms with E-state index < -0.39 is 10.0 Å². The van der Waals surface area contributed by atoms with Crippen LogP contribution in [-0.4, -0.2) is 28.1 Å². The number of sulfonamides is 1. The first-order chi connectivity index (χ1) is 9.05. The van der Waals surface area contributed by atoms with Crippen molar-refractivity contribution in [3.63, 3.8) is 0 Å². The Labute approximate surface area is 116 Å². The Kier molecular flexibility index (Phi) is 6.48. The summed E-state index contributed by atoms with van der Waals surface area (Å²) in [5, 5.41) is 3.21. The number of hydrogen-bond donors (Lipinski definition) is 2. The molecule has 1 aromatic rings. The summed E-state index contributed by atoms with van der Waals surface area (Å²) in [6.07, 6.45) is 2.47. The summed E-state index contributed by atoms with van der Waals surface area (Å²) < 4.78 is 27.1. The van der Waals surface area contributed by atoms with Gasteiger partial charge in [-0.2, -0.15) is 0 Å². The van der Waals surface area contributed by atoms with Crippen molar-refractivity contribution in [1.29, 1.82) is 0 Å². The van der Waals surface area contributed by atoms with Crippen LogP contribution >= 0.6 is 0 Å². The molecule has 5 heteroatoms. The number of hydrogen-bond acceptors (Lipinski definition) is 3. The van der Waals surface area contributed by atoms with E-state index in [-0.39, 0.29) is 0 Å².